The molecule has 0 fully saturated rings. The van der Waals surface area contributed by atoms with Crippen LogP contribution in [0.5, 0.6) is 0 Å². The minimum Gasteiger partial charge on any atom is -0.379 e. The van der Waals surface area contributed by atoms with Gasteiger partial charge in [0.1, 0.15) is 0 Å². The zero-order valence-electron chi connectivity index (χ0n) is 7.58. The van der Waals surface area contributed by atoms with E-state index in [0.717, 1.165) is 11.4 Å². The Bertz CT molecular complexity index is 444. The fraction of sp³-hybridized carbons (Fsp3) is 0.100. The smallest absolute Gasteiger partial charge is 0.264 e. The van der Waals surface area contributed by atoms with E-state index in [2.05, 4.69) is 15.5 Å². The number of benzene rings is 1. The lowest BCUT2D eigenvalue weighted by atomic mass is 10.3. The van der Waals surface area contributed by atoms with Crippen molar-refractivity contribution in [3.63, 3.8) is 0 Å². The third-order valence-electron chi connectivity index (χ3n) is 1.91. The van der Waals surface area contributed by atoms with Crippen LogP contribution in [0.25, 0.3) is 0 Å². The molecule has 4 heteroatoms. The van der Waals surface area contributed by atoms with Crippen molar-refractivity contribution < 1.29 is 0 Å². The maximum atomic E-state index is 10.8. The van der Waals surface area contributed by atoms with Crippen LogP contribution in [0.3, 0.4) is 0 Å². The summed E-state index contributed by atoms with van der Waals surface area (Å²) in [6.45, 7) is 0.614. The summed E-state index contributed by atoms with van der Waals surface area (Å²) >= 11 is 0. The number of H-pyrrole nitrogens is 2. The van der Waals surface area contributed by atoms with E-state index in [1.54, 1.807) is 0 Å². The highest BCUT2D eigenvalue weighted by atomic mass is 16.1. The van der Waals surface area contributed by atoms with Crippen LogP contribution in [0.4, 0.5) is 5.69 Å². The lowest BCUT2D eigenvalue weighted by molar-refractivity contribution is 0.970. The lowest BCUT2D eigenvalue weighted by Crippen LogP contribution is -1.99. The molecule has 0 spiro atoms. The number of aromatic nitrogens is 2. The highest BCUT2D eigenvalue weighted by Gasteiger charge is 1.95. The predicted octanol–water partition coefficient (Wildman–Crippen LogP) is 1.32. The summed E-state index contributed by atoms with van der Waals surface area (Å²) in [5.41, 5.74) is 1.78. The first-order valence-corrected chi connectivity index (χ1v) is 4.40. The molecule has 1 aromatic heterocycles. The molecule has 0 radical (unpaired) electrons. The van der Waals surface area contributed by atoms with Crippen LogP contribution < -0.4 is 10.9 Å². The van der Waals surface area contributed by atoms with Crippen LogP contribution in [0.2, 0.25) is 0 Å². The molecule has 72 valence electrons. The van der Waals surface area contributed by atoms with E-state index in [-0.39, 0.29) is 5.56 Å². The van der Waals surface area contributed by atoms with Gasteiger partial charge in [-0.05, 0) is 12.1 Å². The molecule has 14 heavy (non-hydrogen) atoms. The quantitative estimate of drug-likeness (QED) is 0.681. The molecule has 0 amide bonds. The van der Waals surface area contributed by atoms with Crippen LogP contribution in [-0.4, -0.2) is 10.2 Å². The highest BCUT2D eigenvalue weighted by Crippen LogP contribution is 2.05. The Hall–Kier alpha value is -1.97. The SMILES string of the molecule is O=c1cc(CNc2ccccc2)[nH][nH]1. The average molecular weight is 189 g/mol. The van der Waals surface area contributed by atoms with Crippen LogP contribution in [0.1, 0.15) is 5.69 Å². The van der Waals surface area contributed by atoms with Crippen molar-refractivity contribution in [2.24, 2.45) is 0 Å². The minimum absolute atomic E-state index is 0.102. The summed E-state index contributed by atoms with van der Waals surface area (Å²) in [4.78, 5) is 10.8. The monoisotopic (exact) mass is 189 g/mol. The first-order valence-electron chi connectivity index (χ1n) is 4.40. The van der Waals surface area contributed by atoms with Crippen LogP contribution >= 0.6 is 0 Å². The van der Waals surface area contributed by atoms with Crippen molar-refractivity contribution in [1.29, 1.82) is 0 Å². The molecule has 1 heterocycles. The van der Waals surface area contributed by atoms with Gasteiger partial charge in [-0.3, -0.25) is 9.89 Å². The molecule has 2 rings (SSSR count). The Morgan fingerprint density at radius 2 is 1.93 bits per heavy atom. The number of rotatable bonds is 3. The molecule has 1 aromatic carbocycles. The first kappa shape index (κ1) is 8.62. The van der Waals surface area contributed by atoms with Crippen molar-refractivity contribution in [2.75, 3.05) is 5.32 Å². The Balaban J connectivity index is 1.98. The van der Waals surface area contributed by atoms with Gasteiger partial charge in [0.2, 0.25) is 0 Å². The van der Waals surface area contributed by atoms with Gasteiger partial charge in [0.05, 0.1) is 12.2 Å². The van der Waals surface area contributed by atoms with Crippen LogP contribution in [-0.2, 0) is 6.54 Å². The van der Waals surface area contributed by atoms with Gasteiger partial charge < -0.3 is 10.4 Å². The number of anilines is 1. The number of aromatic amines is 2. The molecule has 0 bridgehead atoms. The van der Waals surface area contributed by atoms with Crippen LogP contribution in [0, 0.1) is 0 Å². The summed E-state index contributed by atoms with van der Waals surface area (Å²) in [6, 6.07) is 11.4. The molecule has 0 aliphatic carbocycles. The third-order valence-corrected chi connectivity index (χ3v) is 1.91. The van der Waals surface area contributed by atoms with Gasteiger partial charge in [-0.2, -0.15) is 0 Å². The topological polar surface area (TPSA) is 60.7 Å². The Kier molecular flexibility index (Phi) is 2.36. The molecular weight excluding hydrogens is 178 g/mol. The van der Waals surface area contributed by atoms with Gasteiger partial charge in [-0.1, -0.05) is 18.2 Å². The summed E-state index contributed by atoms with van der Waals surface area (Å²) in [7, 11) is 0. The molecule has 4 nitrogen and oxygen atoms in total. The zero-order valence-corrected chi connectivity index (χ0v) is 7.58. The standard InChI is InChI=1S/C10H11N3O/c14-10-6-9(12-13-10)7-11-8-4-2-1-3-5-8/h1-6,11H,7H2,(H2,12,13,14). The van der Waals surface area contributed by atoms with E-state index in [1.165, 1.54) is 6.07 Å². The van der Waals surface area contributed by atoms with E-state index in [1.807, 2.05) is 30.3 Å². The Labute approximate surface area is 81.0 Å². The average Bonchev–Trinajstić information content (AvgIpc) is 2.63. The zero-order chi connectivity index (χ0) is 9.80. The fourth-order valence-corrected chi connectivity index (χ4v) is 1.22. The minimum atomic E-state index is -0.102. The van der Waals surface area contributed by atoms with E-state index < -0.39 is 0 Å². The first-order chi connectivity index (χ1) is 6.84. The van der Waals surface area contributed by atoms with Gasteiger partial charge in [0, 0.05) is 11.8 Å². The van der Waals surface area contributed by atoms with Crippen LogP contribution in [0.15, 0.2) is 41.2 Å². The molecule has 0 aliphatic heterocycles. The van der Waals surface area contributed by atoms with Crippen molar-refractivity contribution in [1.82, 2.24) is 10.2 Å². The molecule has 2 aromatic rings. The largest absolute Gasteiger partial charge is 0.379 e. The van der Waals surface area contributed by atoms with Crippen molar-refractivity contribution >= 4 is 5.69 Å². The maximum Gasteiger partial charge on any atom is 0.264 e. The van der Waals surface area contributed by atoms with E-state index in [0.29, 0.717) is 6.54 Å². The van der Waals surface area contributed by atoms with E-state index in [4.69, 9.17) is 0 Å². The molecule has 3 N–H and O–H groups in total. The number of hydrogen-bond acceptors (Lipinski definition) is 2. The maximum absolute atomic E-state index is 10.8. The molecule has 0 unspecified atom stereocenters. The van der Waals surface area contributed by atoms with Gasteiger partial charge >= 0.3 is 0 Å². The van der Waals surface area contributed by atoms with E-state index >= 15 is 0 Å². The number of para-hydroxylation sites is 1. The number of nitrogens with one attached hydrogen (secondary N) is 3. The highest BCUT2D eigenvalue weighted by molar-refractivity contribution is 5.42. The molecule has 0 saturated heterocycles. The second-order valence-electron chi connectivity index (χ2n) is 3.00. The Morgan fingerprint density at radius 1 is 1.14 bits per heavy atom. The van der Waals surface area contributed by atoms with Crippen molar-refractivity contribution in [3.8, 4) is 0 Å². The summed E-state index contributed by atoms with van der Waals surface area (Å²) in [6.07, 6.45) is 0. The molecule has 0 atom stereocenters. The summed E-state index contributed by atoms with van der Waals surface area (Å²) < 4.78 is 0. The van der Waals surface area contributed by atoms with Gasteiger partial charge in [0.15, 0.2) is 0 Å². The molecule has 0 saturated carbocycles. The second kappa shape index (κ2) is 3.83. The van der Waals surface area contributed by atoms with Gasteiger partial charge in [-0.25, -0.2) is 0 Å². The molecule has 0 aliphatic rings. The fourth-order valence-electron chi connectivity index (χ4n) is 1.22. The van der Waals surface area contributed by atoms with Gasteiger partial charge in [0.25, 0.3) is 5.56 Å². The molecular formula is C10H11N3O. The summed E-state index contributed by atoms with van der Waals surface area (Å²) in [5.74, 6) is 0. The lowest BCUT2D eigenvalue weighted by Gasteiger charge is -2.02. The Morgan fingerprint density at radius 3 is 2.57 bits per heavy atom. The van der Waals surface area contributed by atoms with Crippen molar-refractivity contribution in [3.05, 3.63) is 52.4 Å². The normalized spacial score (nSPS) is 10.0. The second-order valence-corrected chi connectivity index (χ2v) is 3.00. The number of hydrogen-bond donors (Lipinski definition) is 3. The third kappa shape index (κ3) is 2.04. The van der Waals surface area contributed by atoms with Gasteiger partial charge in [-0.15, -0.1) is 0 Å². The van der Waals surface area contributed by atoms with E-state index in [9.17, 15) is 4.79 Å². The van der Waals surface area contributed by atoms with Crippen molar-refractivity contribution in [2.45, 2.75) is 6.54 Å². The predicted molar refractivity (Wildman–Crippen MR) is 55.2 cm³/mol. The summed E-state index contributed by atoms with van der Waals surface area (Å²) in [5, 5.41) is 8.44.